The van der Waals surface area contributed by atoms with Gasteiger partial charge in [-0.05, 0) is 0 Å². The minimum atomic E-state index is -2.05. The molecule has 148 valence electrons. The van der Waals surface area contributed by atoms with E-state index in [9.17, 15) is 9.18 Å². The summed E-state index contributed by atoms with van der Waals surface area (Å²) >= 11 is -2.05. The van der Waals surface area contributed by atoms with Gasteiger partial charge in [0, 0.05) is 0 Å². The molecule has 5 heteroatoms. The number of rotatable bonds is 5. The summed E-state index contributed by atoms with van der Waals surface area (Å²) in [7, 11) is 3.77. The fourth-order valence-electron chi connectivity index (χ4n) is 5.51. The number of hydrogen-bond donors (Lipinski definition) is 0. The number of methoxy groups -OCH3 is 1. The summed E-state index contributed by atoms with van der Waals surface area (Å²) < 4.78 is 20.6. The van der Waals surface area contributed by atoms with Gasteiger partial charge in [0.1, 0.15) is 0 Å². The van der Waals surface area contributed by atoms with E-state index in [0.29, 0.717) is 6.04 Å². The molecule has 1 aromatic carbocycles. The monoisotopic (exact) mass is 482 g/mol. The van der Waals surface area contributed by atoms with Gasteiger partial charge in [0.05, 0.1) is 0 Å². The Bertz CT molecular complexity index is 727. The molecule has 0 radical (unpaired) electrons. The third-order valence-electron chi connectivity index (χ3n) is 6.80. The maximum atomic E-state index is 13.4. The third kappa shape index (κ3) is 3.84. The van der Waals surface area contributed by atoms with Crippen LogP contribution in [0, 0.1) is 11.7 Å². The van der Waals surface area contributed by atoms with Gasteiger partial charge >= 0.3 is 167 Å². The van der Waals surface area contributed by atoms with Crippen LogP contribution in [0.15, 0.2) is 36.5 Å². The van der Waals surface area contributed by atoms with E-state index in [1.165, 1.54) is 24.9 Å². The summed E-state index contributed by atoms with van der Waals surface area (Å²) in [6.45, 7) is 4.53. The molecule has 0 aliphatic carbocycles. The van der Waals surface area contributed by atoms with Crippen molar-refractivity contribution in [2.75, 3.05) is 14.2 Å². The van der Waals surface area contributed by atoms with Crippen molar-refractivity contribution in [2.24, 2.45) is 5.92 Å². The number of carbonyl (C=O) groups is 1. The Morgan fingerprint density at radius 1 is 1.26 bits per heavy atom. The number of halogens is 1. The molecule has 3 nitrogen and oxygen atoms in total. The van der Waals surface area contributed by atoms with Gasteiger partial charge in [-0.25, -0.2) is 0 Å². The Morgan fingerprint density at radius 2 is 1.89 bits per heavy atom. The van der Waals surface area contributed by atoms with Crippen LogP contribution < -0.4 is 0 Å². The molecule has 2 heterocycles. The molecule has 5 atom stereocenters. The predicted octanol–water partition coefficient (Wildman–Crippen LogP) is 4.93. The molecule has 0 N–H and O–H groups in total. The first kappa shape index (κ1) is 20.8. The Labute approximate surface area is 167 Å². The van der Waals surface area contributed by atoms with Crippen molar-refractivity contribution in [1.82, 2.24) is 0 Å². The molecular formula is C22H33FNO2Sn+. The van der Waals surface area contributed by atoms with Crippen molar-refractivity contribution < 1.29 is 18.4 Å². The summed E-state index contributed by atoms with van der Waals surface area (Å²) in [6, 6.07) is 7.36. The summed E-state index contributed by atoms with van der Waals surface area (Å²) in [6.07, 6.45) is 3.07. The number of ether oxygens (including phenoxy) is 1. The first-order valence-electron chi connectivity index (χ1n) is 9.95. The molecule has 27 heavy (non-hydrogen) atoms. The van der Waals surface area contributed by atoms with E-state index in [1.54, 1.807) is 0 Å². The number of carbonyl (C=O) groups excluding carboxylic acids is 1. The fourth-order valence-corrected chi connectivity index (χ4v) is 9.98. The summed E-state index contributed by atoms with van der Waals surface area (Å²) in [5.41, 5.74) is 2.35. The third-order valence-corrected chi connectivity index (χ3v) is 11.0. The Kier molecular flexibility index (Phi) is 5.79. The van der Waals surface area contributed by atoms with Gasteiger partial charge in [0.25, 0.3) is 0 Å². The number of nitrogens with zero attached hydrogens (tertiary/aromatic N) is 1. The van der Waals surface area contributed by atoms with Crippen LogP contribution >= 0.6 is 0 Å². The minimum absolute atomic E-state index is 0.0905. The molecule has 0 saturated carbocycles. The Morgan fingerprint density at radius 3 is 2.44 bits per heavy atom. The standard InChI is InChI=1S/C19H24FNO2.3CH3.Sn/c1-12(2)21(3)15-9-10-17(21)18(19(22)23-4)16(11-15)13-5-7-14(20)8-6-13;;;;/h5-8,15-18H,1-2,9-11H2,3-4H3;3*1H3;/q+1;;;;/t15?,16-,17?,18+,21?;;;;/m1..../s1. The summed E-state index contributed by atoms with van der Waals surface area (Å²) in [5.74, 6) is -0.478. The normalized spacial score (nSPS) is 33.0. The van der Waals surface area contributed by atoms with E-state index in [2.05, 4.69) is 28.4 Å². The molecule has 2 saturated heterocycles. The van der Waals surface area contributed by atoms with E-state index in [1.807, 2.05) is 12.1 Å². The number of fused-ring (bicyclic) bond motifs is 2. The number of piperidine rings is 1. The number of quaternary nitrogens is 1. The van der Waals surface area contributed by atoms with Gasteiger partial charge in [0.2, 0.25) is 0 Å². The first-order chi connectivity index (χ1) is 12.6. The zero-order valence-electron chi connectivity index (χ0n) is 17.3. The molecule has 2 bridgehead atoms. The topological polar surface area (TPSA) is 26.3 Å². The van der Waals surface area contributed by atoms with Crippen molar-refractivity contribution in [2.45, 2.75) is 56.5 Å². The van der Waals surface area contributed by atoms with Crippen molar-refractivity contribution in [3.05, 3.63) is 47.9 Å². The zero-order valence-corrected chi connectivity index (χ0v) is 20.2. The van der Waals surface area contributed by atoms with Crippen LogP contribution in [0.25, 0.3) is 0 Å². The van der Waals surface area contributed by atoms with Crippen LogP contribution in [0.5, 0.6) is 0 Å². The Balaban J connectivity index is 1.99. The van der Waals surface area contributed by atoms with E-state index >= 15 is 0 Å². The SMILES string of the molecule is C=C([CH2][Sn]([CH3])([CH3])[CH3])[N+]1(C)C2CCC1[C@@H](C(=O)OC)[C@@H](c1ccc(F)cc1)C2. The second-order valence-corrected chi connectivity index (χ2v) is 25.3. The van der Waals surface area contributed by atoms with Gasteiger partial charge in [-0.3, -0.25) is 0 Å². The number of allylic oxidation sites excluding steroid dienone is 1. The molecule has 2 fully saturated rings. The molecule has 3 rings (SSSR count). The quantitative estimate of drug-likeness (QED) is 0.339. The first-order valence-corrected chi connectivity index (χ1v) is 20.5. The van der Waals surface area contributed by atoms with Crippen LogP contribution in [0.3, 0.4) is 0 Å². The molecule has 3 unspecified atom stereocenters. The molecule has 1 aromatic rings. The van der Waals surface area contributed by atoms with Crippen LogP contribution in [0.4, 0.5) is 4.39 Å². The van der Waals surface area contributed by atoms with Crippen LogP contribution in [0.1, 0.15) is 30.7 Å². The molecule has 2 aliphatic heterocycles. The molecule has 0 spiro atoms. The second-order valence-electron chi connectivity index (χ2n) is 9.69. The van der Waals surface area contributed by atoms with Gasteiger partial charge in [-0.1, -0.05) is 0 Å². The Hall–Kier alpha value is -0.881. The summed E-state index contributed by atoms with van der Waals surface area (Å²) in [4.78, 5) is 20.2. The number of hydrogen-bond acceptors (Lipinski definition) is 2. The van der Waals surface area contributed by atoms with Crippen LogP contribution in [-0.4, -0.2) is 55.1 Å². The van der Waals surface area contributed by atoms with Crippen molar-refractivity contribution in [3.63, 3.8) is 0 Å². The number of esters is 1. The van der Waals surface area contributed by atoms with Crippen LogP contribution in [0.2, 0.25) is 19.3 Å². The maximum absolute atomic E-state index is 13.4. The van der Waals surface area contributed by atoms with Crippen molar-refractivity contribution in [3.8, 4) is 0 Å². The molecule has 0 amide bonds. The molecule has 0 aromatic heterocycles. The van der Waals surface area contributed by atoms with Gasteiger partial charge < -0.3 is 0 Å². The van der Waals surface area contributed by atoms with Crippen molar-refractivity contribution >= 4 is 24.3 Å². The fraction of sp³-hybridized carbons (Fsp3) is 0.591. The number of benzene rings is 1. The van der Waals surface area contributed by atoms with E-state index in [-0.39, 0.29) is 29.7 Å². The average molecular weight is 481 g/mol. The van der Waals surface area contributed by atoms with Gasteiger partial charge in [-0.2, -0.15) is 0 Å². The predicted molar refractivity (Wildman–Crippen MR) is 110 cm³/mol. The van der Waals surface area contributed by atoms with Crippen molar-refractivity contribution in [1.29, 1.82) is 0 Å². The van der Waals surface area contributed by atoms with Crippen LogP contribution in [-0.2, 0) is 9.53 Å². The van der Waals surface area contributed by atoms with Gasteiger partial charge in [-0.15, -0.1) is 0 Å². The second kappa shape index (κ2) is 7.51. The molecular weight excluding hydrogens is 448 g/mol. The van der Waals surface area contributed by atoms with E-state index in [0.717, 1.165) is 33.7 Å². The van der Waals surface area contributed by atoms with E-state index < -0.39 is 18.4 Å². The summed E-state index contributed by atoms with van der Waals surface area (Å²) in [5, 5.41) is 0. The zero-order chi connectivity index (χ0) is 20.0. The van der Waals surface area contributed by atoms with E-state index in [4.69, 9.17) is 4.74 Å². The molecule has 2 aliphatic rings. The average Bonchev–Trinajstić information content (AvgIpc) is 2.79. The van der Waals surface area contributed by atoms with Gasteiger partial charge in [0.15, 0.2) is 0 Å².